The largest absolute Gasteiger partial charge is 0.497 e. The lowest BCUT2D eigenvalue weighted by Crippen LogP contribution is -2.38. The molecule has 3 aromatic carbocycles. The number of carbonyl (C=O) groups excluding carboxylic acids is 3. The fourth-order valence-electron chi connectivity index (χ4n) is 3.57. The number of nitrogens with zero attached hydrogens (tertiary/aromatic N) is 1. The van der Waals surface area contributed by atoms with E-state index in [1.807, 2.05) is 24.3 Å². The van der Waals surface area contributed by atoms with E-state index in [-0.39, 0.29) is 29.5 Å². The molecule has 36 heavy (non-hydrogen) atoms. The molecule has 1 aliphatic rings. The van der Waals surface area contributed by atoms with Crippen molar-refractivity contribution in [3.8, 4) is 5.75 Å². The molecule has 0 spiro atoms. The van der Waals surface area contributed by atoms with E-state index in [1.54, 1.807) is 69.5 Å². The highest BCUT2D eigenvalue weighted by atomic mass is 79.9. The van der Waals surface area contributed by atoms with Gasteiger partial charge in [0.25, 0.3) is 17.7 Å². The number of carbonyl (C=O) groups is 3. The van der Waals surface area contributed by atoms with Gasteiger partial charge in [-0.25, -0.2) is 0 Å². The van der Waals surface area contributed by atoms with Crippen LogP contribution in [0.15, 0.2) is 92.8 Å². The van der Waals surface area contributed by atoms with Crippen molar-refractivity contribution in [2.24, 2.45) is 0 Å². The van der Waals surface area contributed by atoms with Crippen LogP contribution in [0.3, 0.4) is 0 Å². The number of thioether (sulfide) groups is 1. The molecule has 7 nitrogen and oxygen atoms in total. The molecule has 0 atom stereocenters. The Labute approximate surface area is 222 Å². The van der Waals surface area contributed by atoms with Gasteiger partial charge in [-0.1, -0.05) is 33.8 Å². The lowest BCUT2D eigenvalue weighted by Gasteiger charge is -2.19. The first-order valence-electron chi connectivity index (χ1n) is 11.1. The first-order chi connectivity index (χ1) is 17.3. The molecule has 0 bridgehead atoms. The number of anilines is 2. The fraction of sp³-hybridized carbons (Fsp3) is 0.148. The van der Waals surface area contributed by atoms with Crippen molar-refractivity contribution in [1.29, 1.82) is 0 Å². The summed E-state index contributed by atoms with van der Waals surface area (Å²) in [6, 6.07) is 21.1. The zero-order chi connectivity index (χ0) is 25.8. The highest BCUT2D eigenvalue weighted by Gasteiger charge is 2.40. The maximum absolute atomic E-state index is 13.1. The Hall–Kier alpha value is -3.56. The van der Waals surface area contributed by atoms with E-state index in [4.69, 9.17) is 4.74 Å². The molecule has 0 aromatic heterocycles. The monoisotopic (exact) mass is 565 g/mol. The SMILES string of the molecule is COc1cccc(C(=O)Nc2ccc(SC3=C(Nc4ccc(Br)cc4)C(=O)N(C(C)C)C3=O)cc2)c1. The smallest absolute Gasteiger partial charge is 0.278 e. The summed E-state index contributed by atoms with van der Waals surface area (Å²) >= 11 is 4.61. The molecule has 0 saturated heterocycles. The molecule has 0 radical (unpaired) electrons. The molecule has 0 saturated carbocycles. The van der Waals surface area contributed by atoms with Crippen molar-refractivity contribution in [2.75, 3.05) is 17.7 Å². The van der Waals surface area contributed by atoms with E-state index in [0.29, 0.717) is 27.6 Å². The molecular weight excluding hydrogens is 542 g/mol. The van der Waals surface area contributed by atoms with Crippen LogP contribution in [-0.2, 0) is 9.59 Å². The van der Waals surface area contributed by atoms with Gasteiger partial charge in [-0.2, -0.15) is 0 Å². The van der Waals surface area contributed by atoms with Crippen LogP contribution in [0.4, 0.5) is 11.4 Å². The molecule has 3 aromatic rings. The van der Waals surface area contributed by atoms with Gasteiger partial charge in [0.15, 0.2) is 0 Å². The number of hydrogen-bond acceptors (Lipinski definition) is 6. The number of halogens is 1. The van der Waals surface area contributed by atoms with Crippen LogP contribution in [-0.4, -0.2) is 35.8 Å². The van der Waals surface area contributed by atoms with Crippen molar-refractivity contribution in [3.63, 3.8) is 0 Å². The average Bonchev–Trinajstić information content (AvgIpc) is 3.10. The van der Waals surface area contributed by atoms with Crippen LogP contribution in [0.1, 0.15) is 24.2 Å². The minimum Gasteiger partial charge on any atom is -0.497 e. The Kier molecular flexibility index (Phi) is 7.81. The molecule has 1 aliphatic heterocycles. The minimum atomic E-state index is -0.359. The predicted octanol–water partition coefficient (Wildman–Crippen LogP) is 5.90. The summed E-state index contributed by atoms with van der Waals surface area (Å²) in [7, 11) is 1.55. The number of amides is 3. The van der Waals surface area contributed by atoms with Gasteiger partial charge in [-0.3, -0.25) is 19.3 Å². The Morgan fingerprint density at radius 1 is 0.944 bits per heavy atom. The van der Waals surface area contributed by atoms with Gasteiger partial charge in [0, 0.05) is 32.3 Å². The average molecular weight is 566 g/mol. The van der Waals surface area contributed by atoms with Gasteiger partial charge >= 0.3 is 0 Å². The fourth-order valence-corrected chi connectivity index (χ4v) is 4.77. The van der Waals surface area contributed by atoms with E-state index in [9.17, 15) is 14.4 Å². The summed E-state index contributed by atoms with van der Waals surface area (Å²) in [4.78, 5) is 41.2. The van der Waals surface area contributed by atoms with E-state index >= 15 is 0 Å². The molecule has 1 heterocycles. The molecule has 9 heteroatoms. The third kappa shape index (κ3) is 5.63. The van der Waals surface area contributed by atoms with Crippen LogP contribution >= 0.6 is 27.7 Å². The molecule has 0 unspecified atom stereocenters. The number of hydrogen-bond donors (Lipinski definition) is 2. The topological polar surface area (TPSA) is 87.7 Å². The van der Waals surface area contributed by atoms with E-state index < -0.39 is 0 Å². The lowest BCUT2D eigenvalue weighted by molar-refractivity contribution is -0.139. The highest BCUT2D eigenvalue weighted by molar-refractivity contribution is 9.10. The third-order valence-electron chi connectivity index (χ3n) is 5.37. The Balaban J connectivity index is 1.54. The van der Waals surface area contributed by atoms with Crippen LogP contribution in [0.2, 0.25) is 0 Å². The summed E-state index contributed by atoms with van der Waals surface area (Å²) in [6.45, 7) is 3.61. The molecule has 2 N–H and O–H groups in total. The second kappa shape index (κ2) is 11.0. The minimum absolute atomic E-state index is 0.247. The quantitative estimate of drug-likeness (QED) is 0.330. The Bertz CT molecular complexity index is 1340. The second-order valence-corrected chi connectivity index (χ2v) is 10.2. The van der Waals surface area contributed by atoms with Gasteiger partial charge < -0.3 is 15.4 Å². The zero-order valence-electron chi connectivity index (χ0n) is 19.9. The molecular formula is C27H24BrN3O4S. The van der Waals surface area contributed by atoms with Gasteiger partial charge in [0.1, 0.15) is 16.4 Å². The maximum Gasteiger partial charge on any atom is 0.278 e. The standard InChI is InChI=1S/C27H24BrN3O4S/c1-16(2)31-26(33)23(29-19-9-7-18(28)8-10-19)24(27(31)34)36-22-13-11-20(12-14-22)30-25(32)17-5-4-6-21(15-17)35-3/h4-16,29H,1-3H3,(H,30,32). The number of ether oxygens (including phenoxy) is 1. The van der Waals surface area contributed by atoms with Crippen LogP contribution < -0.4 is 15.4 Å². The first-order valence-corrected chi connectivity index (χ1v) is 12.8. The van der Waals surface area contributed by atoms with Crippen molar-refractivity contribution in [3.05, 3.63) is 93.4 Å². The number of benzene rings is 3. The predicted molar refractivity (Wildman–Crippen MR) is 145 cm³/mol. The van der Waals surface area contributed by atoms with Crippen molar-refractivity contribution < 1.29 is 19.1 Å². The number of rotatable bonds is 8. The van der Waals surface area contributed by atoms with E-state index in [0.717, 1.165) is 9.37 Å². The molecule has 0 fully saturated rings. The van der Waals surface area contributed by atoms with Crippen LogP contribution in [0.5, 0.6) is 5.75 Å². The van der Waals surface area contributed by atoms with Gasteiger partial charge in [0.05, 0.1) is 7.11 Å². The summed E-state index contributed by atoms with van der Waals surface area (Å²) in [5.41, 5.74) is 2.03. The summed E-state index contributed by atoms with van der Waals surface area (Å²) in [5, 5.41) is 5.98. The summed E-state index contributed by atoms with van der Waals surface area (Å²) < 4.78 is 6.08. The summed E-state index contributed by atoms with van der Waals surface area (Å²) in [6.07, 6.45) is 0. The maximum atomic E-state index is 13.1. The normalized spacial score (nSPS) is 13.4. The van der Waals surface area contributed by atoms with Gasteiger partial charge in [0.2, 0.25) is 0 Å². The van der Waals surface area contributed by atoms with Crippen LogP contribution in [0, 0.1) is 0 Å². The highest BCUT2D eigenvalue weighted by Crippen LogP contribution is 2.37. The molecule has 4 rings (SSSR count). The van der Waals surface area contributed by atoms with Crippen molar-refractivity contribution in [2.45, 2.75) is 24.8 Å². The van der Waals surface area contributed by atoms with E-state index in [1.165, 1.54) is 16.7 Å². The number of methoxy groups -OCH3 is 1. The lowest BCUT2D eigenvalue weighted by atomic mass is 10.2. The van der Waals surface area contributed by atoms with Crippen molar-refractivity contribution in [1.82, 2.24) is 4.90 Å². The molecule has 184 valence electrons. The van der Waals surface area contributed by atoms with Gasteiger partial charge in [-0.05, 0) is 80.6 Å². The Morgan fingerprint density at radius 2 is 1.61 bits per heavy atom. The first kappa shape index (κ1) is 25.5. The molecule has 3 amide bonds. The van der Waals surface area contributed by atoms with Gasteiger partial charge in [-0.15, -0.1) is 0 Å². The molecule has 0 aliphatic carbocycles. The zero-order valence-corrected chi connectivity index (χ0v) is 22.3. The second-order valence-electron chi connectivity index (χ2n) is 8.22. The third-order valence-corrected chi connectivity index (χ3v) is 6.99. The number of imide groups is 1. The van der Waals surface area contributed by atoms with E-state index in [2.05, 4.69) is 26.6 Å². The van der Waals surface area contributed by atoms with Crippen LogP contribution in [0.25, 0.3) is 0 Å². The van der Waals surface area contributed by atoms with Crippen molar-refractivity contribution >= 4 is 56.8 Å². The number of nitrogens with one attached hydrogen (secondary N) is 2. The summed E-state index contributed by atoms with van der Waals surface area (Å²) in [5.74, 6) is -0.360. The Morgan fingerprint density at radius 3 is 2.25 bits per heavy atom.